The van der Waals surface area contributed by atoms with Crippen molar-refractivity contribution < 1.29 is 4.79 Å². The van der Waals surface area contributed by atoms with E-state index in [1.165, 1.54) is 11.1 Å². The molecule has 1 aromatic heterocycles. The summed E-state index contributed by atoms with van der Waals surface area (Å²) in [6, 6.07) is 16.6. The van der Waals surface area contributed by atoms with E-state index in [-0.39, 0.29) is 17.4 Å². The molecule has 0 radical (unpaired) electrons. The number of fused-ring (bicyclic) bond motifs is 1. The van der Waals surface area contributed by atoms with Gasteiger partial charge in [0.05, 0.1) is 0 Å². The van der Waals surface area contributed by atoms with E-state index in [1.54, 1.807) is 7.05 Å². The Morgan fingerprint density at radius 2 is 1.91 bits per heavy atom. The Bertz CT molecular complexity index is 1230. The number of hydrogen-bond acceptors (Lipinski definition) is 3. The number of rotatable bonds is 5. The van der Waals surface area contributed by atoms with Crippen LogP contribution in [0, 0.1) is 25.3 Å². The standard InChI is InChI=1S/C27H32N6O/c1-18-19(2)32-24-15-20(9-10-23(18)24)25(34)30-16-27(21-7-5-4-6-8-21)13-11-22(12-14-27)33-26(29-3)31-17-28/h4-10,15,22,32H,11-14,16H2,1-3H3,(H,30,34)(H2,29,31,33). The Balaban J connectivity index is 1.48. The number of nitrogens with one attached hydrogen (secondary N) is 4. The number of H-pyrrole nitrogens is 1. The van der Waals surface area contributed by atoms with Crippen LogP contribution in [-0.4, -0.2) is 36.5 Å². The molecule has 0 saturated heterocycles. The first-order valence-electron chi connectivity index (χ1n) is 11.8. The average molecular weight is 457 g/mol. The third kappa shape index (κ3) is 4.76. The van der Waals surface area contributed by atoms with Crippen LogP contribution in [0.1, 0.15) is 52.9 Å². The number of aromatic nitrogens is 1. The molecule has 176 valence electrons. The van der Waals surface area contributed by atoms with Crippen LogP contribution in [0.25, 0.3) is 10.9 Å². The Morgan fingerprint density at radius 3 is 2.59 bits per heavy atom. The third-order valence-corrected chi connectivity index (χ3v) is 7.23. The number of aryl methyl sites for hydroxylation is 2. The van der Waals surface area contributed by atoms with Gasteiger partial charge in [0.1, 0.15) is 0 Å². The molecule has 3 aromatic rings. The van der Waals surface area contributed by atoms with E-state index in [9.17, 15) is 4.79 Å². The lowest BCUT2D eigenvalue weighted by Crippen LogP contribution is -2.49. The Hall–Kier alpha value is -3.79. The van der Waals surface area contributed by atoms with E-state index >= 15 is 0 Å². The molecule has 0 bridgehead atoms. The highest BCUT2D eigenvalue weighted by Gasteiger charge is 2.37. The largest absolute Gasteiger partial charge is 0.358 e. The highest BCUT2D eigenvalue weighted by molar-refractivity contribution is 5.98. The van der Waals surface area contributed by atoms with Gasteiger partial charge >= 0.3 is 0 Å². The number of nitriles is 1. The number of hydrogen-bond donors (Lipinski definition) is 4. The van der Waals surface area contributed by atoms with E-state index in [4.69, 9.17) is 5.26 Å². The van der Waals surface area contributed by atoms with Gasteiger partial charge in [-0.05, 0) is 62.8 Å². The van der Waals surface area contributed by atoms with Crippen LogP contribution >= 0.6 is 0 Å². The smallest absolute Gasteiger partial charge is 0.251 e. The number of carbonyl (C=O) groups is 1. The summed E-state index contributed by atoms with van der Waals surface area (Å²) < 4.78 is 0. The third-order valence-electron chi connectivity index (χ3n) is 7.23. The van der Waals surface area contributed by atoms with E-state index in [0.717, 1.165) is 42.3 Å². The first-order chi connectivity index (χ1) is 16.5. The lowest BCUT2D eigenvalue weighted by atomic mass is 9.68. The predicted octanol–water partition coefficient (Wildman–Crippen LogP) is 4.04. The molecule has 4 rings (SSSR count). The van der Waals surface area contributed by atoms with Crippen molar-refractivity contribution in [1.82, 2.24) is 20.9 Å². The van der Waals surface area contributed by atoms with Gasteiger partial charge in [0.25, 0.3) is 5.91 Å². The zero-order valence-corrected chi connectivity index (χ0v) is 20.0. The predicted molar refractivity (Wildman–Crippen MR) is 136 cm³/mol. The van der Waals surface area contributed by atoms with Crippen molar-refractivity contribution in [3.63, 3.8) is 0 Å². The molecule has 34 heavy (non-hydrogen) atoms. The number of aromatic amines is 1. The van der Waals surface area contributed by atoms with E-state index in [0.29, 0.717) is 18.1 Å². The molecule has 1 aliphatic rings. The van der Waals surface area contributed by atoms with Crippen molar-refractivity contribution in [2.24, 2.45) is 4.99 Å². The van der Waals surface area contributed by atoms with Gasteiger partial charge in [0.2, 0.25) is 5.96 Å². The molecule has 0 unspecified atom stereocenters. The minimum Gasteiger partial charge on any atom is -0.358 e. The Morgan fingerprint density at radius 1 is 1.18 bits per heavy atom. The van der Waals surface area contributed by atoms with Gasteiger partial charge in [-0.2, -0.15) is 5.26 Å². The molecular formula is C27H32N6O. The summed E-state index contributed by atoms with van der Waals surface area (Å²) in [5.74, 6) is 0.444. The molecule has 0 aliphatic heterocycles. The van der Waals surface area contributed by atoms with E-state index in [2.05, 4.69) is 64.0 Å². The maximum absolute atomic E-state index is 13.1. The summed E-state index contributed by atoms with van der Waals surface area (Å²) in [5, 5.41) is 19.2. The monoisotopic (exact) mass is 456 g/mol. The van der Waals surface area contributed by atoms with Crippen molar-refractivity contribution in [2.75, 3.05) is 13.6 Å². The first-order valence-corrected chi connectivity index (χ1v) is 11.8. The summed E-state index contributed by atoms with van der Waals surface area (Å²) in [6.07, 6.45) is 5.61. The van der Waals surface area contributed by atoms with E-state index < -0.39 is 0 Å². The maximum Gasteiger partial charge on any atom is 0.251 e. The Labute approximate surface area is 200 Å². The molecule has 1 saturated carbocycles. The van der Waals surface area contributed by atoms with Gasteiger partial charge in [0, 0.05) is 47.2 Å². The van der Waals surface area contributed by atoms with E-state index in [1.807, 2.05) is 30.5 Å². The molecule has 2 aromatic carbocycles. The lowest BCUT2D eigenvalue weighted by Gasteiger charge is -2.41. The number of carbonyl (C=O) groups excluding carboxylic acids is 1. The number of nitrogens with zero attached hydrogens (tertiary/aromatic N) is 2. The van der Waals surface area contributed by atoms with Crippen LogP contribution in [0.3, 0.4) is 0 Å². The van der Waals surface area contributed by atoms with Crippen molar-refractivity contribution in [2.45, 2.75) is 51.0 Å². The summed E-state index contributed by atoms with van der Waals surface area (Å²) in [7, 11) is 1.66. The van der Waals surface area contributed by atoms with Gasteiger partial charge in [-0.25, -0.2) is 0 Å². The lowest BCUT2D eigenvalue weighted by molar-refractivity contribution is 0.0935. The highest BCUT2D eigenvalue weighted by Crippen LogP contribution is 2.39. The minimum atomic E-state index is -0.134. The summed E-state index contributed by atoms with van der Waals surface area (Å²) in [4.78, 5) is 20.6. The summed E-state index contributed by atoms with van der Waals surface area (Å²) >= 11 is 0. The van der Waals surface area contributed by atoms with Crippen molar-refractivity contribution in [1.29, 1.82) is 5.26 Å². The number of guanidine groups is 1. The molecule has 0 atom stereocenters. The zero-order chi connectivity index (χ0) is 24.1. The van der Waals surface area contributed by atoms with Crippen molar-refractivity contribution in [3.05, 3.63) is 70.9 Å². The normalized spacial score (nSPS) is 20.5. The molecular weight excluding hydrogens is 424 g/mol. The minimum absolute atomic E-state index is 0.0546. The fraction of sp³-hybridized carbons (Fsp3) is 0.370. The molecule has 0 spiro atoms. The van der Waals surface area contributed by atoms with Gasteiger partial charge in [-0.15, -0.1) is 0 Å². The zero-order valence-electron chi connectivity index (χ0n) is 20.0. The average Bonchev–Trinajstić information content (AvgIpc) is 3.16. The maximum atomic E-state index is 13.1. The topological polar surface area (TPSA) is 105 Å². The molecule has 7 heteroatoms. The number of amides is 1. The van der Waals surface area contributed by atoms with Crippen LogP contribution in [0.5, 0.6) is 0 Å². The summed E-state index contributed by atoms with van der Waals surface area (Å²) in [5.41, 5.74) is 5.12. The van der Waals surface area contributed by atoms with Crippen LogP contribution in [-0.2, 0) is 5.41 Å². The number of benzene rings is 2. The molecule has 1 fully saturated rings. The van der Waals surface area contributed by atoms with Gasteiger partial charge in [-0.3, -0.25) is 15.1 Å². The molecule has 7 nitrogen and oxygen atoms in total. The molecule has 1 aliphatic carbocycles. The van der Waals surface area contributed by atoms with Gasteiger partial charge < -0.3 is 15.6 Å². The Kier molecular flexibility index (Phi) is 6.87. The fourth-order valence-electron chi connectivity index (χ4n) is 5.04. The van der Waals surface area contributed by atoms with Crippen LogP contribution in [0.15, 0.2) is 53.5 Å². The number of aliphatic imine (C=N–C) groups is 1. The quantitative estimate of drug-likeness (QED) is 0.201. The molecule has 4 N–H and O–H groups in total. The van der Waals surface area contributed by atoms with Crippen molar-refractivity contribution in [3.8, 4) is 6.19 Å². The van der Waals surface area contributed by atoms with Crippen molar-refractivity contribution >= 4 is 22.8 Å². The van der Waals surface area contributed by atoms with Crippen LogP contribution < -0.4 is 16.0 Å². The van der Waals surface area contributed by atoms with Crippen LogP contribution in [0.2, 0.25) is 0 Å². The fourth-order valence-corrected chi connectivity index (χ4v) is 5.04. The second-order valence-corrected chi connectivity index (χ2v) is 9.19. The summed E-state index contributed by atoms with van der Waals surface area (Å²) in [6.45, 7) is 4.72. The van der Waals surface area contributed by atoms with Gasteiger partial charge in [0.15, 0.2) is 6.19 Å². The molecule has 1 heterocycles. The highest BCUT2D eigenvalue weighted by atomic mass is 16.1. The second kappa shape index (κ2) is 10.0. The van der Waals surface area contributed by atoms with Crippen LogP contribution in [0.4, 0.5) is 0 Å². The second-order valence-electron chi connectivity index (χ2n) is 9.19. The molecule has 1 amide bonds. The first kappa shape index (κ1) is 23.4. The van der Waals surface area contributed by atoms with Gasteiger partial charge in [-0.1, -0.05) is 36.4 Å². The SMILES string of the molecule is CN=C(NC#N)NC1CCC(CNC(=O)c2ccc3c(C)c(C)[nH]c3c2)(c2ccccc2)CC1.